The highest BCUT2D eigenvalue weighted by atomic mass is 16.2. The Hall–Kier alpha value is -2.55. The molecule has 0 radical (unpaired) electrons. The van der Waals surface area contributed by atoms with Crippen molar-refractivity contribution < 1.29 is 4.79 Å². The fraction of sp³-hybridized carbons (Fsp3) is 0. The number of nitrogens with two attached hydrogens (primary N) is 1. The van der Waals surface area contributed by atoms with Gasteiger partial charge in [0.05, 0.1) is 6.20 Å². The number of H-pyrrole nitrogens is 2. The van der Waals surface area contributed by atoms with Crippen molar-refractivity contribution in [3.05, 3.63) is 32.6 Å². The molecule has 0 saturated heterocycles. The second-order valence-electron chi connectivity index (χ2n) is 2.83. The number of rotatable bonds is 1. The monoisotopic (exact) mass is 222 g/mol. The lowest BCUT2D eigenvalue weighted by Crippen LogP contribution is -2.31. The van der Waals surface area contributed by atoms with E-state index in [9.17, 15) is 14.4 Å². The molecule has 9 heteroatoms. The molecule has 0 bridgehead atoms. The summed E-state index contributed by atoms with van der Waals surface area (Å²) in [5, 5.41) is 4.15. The Kier molecular flexibility index (Phi) is 2.21. The first kappa shape index (κ1) is 9.98. The Bertz CT molecular complexity index is 672. The van der Waals surface area contributed by atoms with E-state index < -0.39 is 17.0 Å². The summed E-state index contributed by atoms with van der Waals surface area (Å²) in [5.74, 6) is 4.20. The number of fused-ring (bicyclic) bond motifs is 1. The summed E-state index contributed by atoms with van der Waals surface area (Å²) in [6, 6.07) is 0. The molecular formula is C7H6N6O3. The number of hydrazine groups is 1. The summed E-state index contributed by atoms with van der Waals surface area (Å²) in [4.78, 5) is 41.0. The summed E-state index contributed by atoms with van der Waals surface area (Å²) >= 11 is 0. The molecule has 0 aliphatic heterocycles. The van der Waals surface area contributed by atoms with Crippen molar-refractivity contribution in [2.75, 3.05) is 0 Å². The van der Waals surface area contributed by atoms with Gasteiger partial charge < -0.3 is 0 Å². The number of hydrogen-bond acceptors (Lipinski definition) is 6. The first-order valence-electron chi connectivity index (χ1n) is 4.12. The highest BCUT2D eigenvalue weighted by molar-refractivity contribution is 5.93. The van der Waals surface area contributed by atoms with Gasteiger partial charge in [-0.2, -0.15) is 0 Å². The fourth-order valence-corrected chi connectivity index (χ4v) is 1.13. The third kappa shape index (κ3) is 1.44. The third-order valence-electron chi connectivity index (χ3n) is 1.86. The van der Waals surface area contributed by atoms with E-state index in [1.807, 2.05) is 5.43 Å². The van der Waals surface area contributed by atoms with E-state index in [1.165, 1.54) is 0 Å². The van der Waals surface area contributed by atoms with E-state index in [4.69, 9.17) is 5.84 Å². The molecule has 0 aliphatic carbocycles. The van der Waals surface area contributed by atoms with E-state index in [1.54, 1.807) is 0 Å². The van der Waals surface area contributed by atoms with Gasteiger partial charge in [-0.15, -0.1) is 0 Å². The number of aromatic nitrogens is 4. The molecule has 0 fully saturated rings. The van der Waals surface area contributed by atoms with Gasteiger partial charge in [0.25, 0.3) is 17.0 Å². The molecule has 9 nitrogen and oxygen atoms in total. The van der Waals surface area contributed by atoms with Crippen molar-refractivity contribution in [3.8, 4) is 0 Å². The summed E-state index contributed by atoms with van der Waals surface area (Å²) < 4.78 is 0. The molecule has 5 N–H and O–H groups in total. The van der Waals surface area contributed by atoms with Crippen molar-refractivity contribution in [1.82, 2.24) is 25.6 Å². The first-order chi connectivity index (χ1) is 7.63. The van der Waals surface area contributed by atoms with Gasteiger partial charge in [0, 0.05) is 0 Å². The maximum atomic E-state index is 11.3. The van der Waals surface area contributed by atoms with Gasteiger partial charge >= 0.3 is 0 Å². The fourth-order valence-electron chi connectivity index (χ4n) is 1.13. The number of carbonyl (C=O) groups excluding carboxylic acids is 1. The minimum Gasteiger partial charge on any atom is -0.289 e. The van der Waals surface area contributed by atoms with Crippen LogP contribution >= 0.6 is 0 Å². The molecule has 0 spiro atoms. The van der Waals surface area contributed by atoms with E-state index in [2.05, 4.69) is 20.2 Å². The van der Waals surface area contributed by atoms with Gasteiger partial charge in [0.15, 0.2) is 11.0 Å². The highest BCUT2D eigenvalue weighted by Gasteiger charge is 2.11. The minimum absolute atomic E-state index is 0.141. The number of nitrogens with zero attached hydrogens (tertiary/aromatic N) is 2. The molecule has 2 aromatic rings. The standard InChI is InChI=1S/C7H6N6O3/c8-11-5(14)2-1-9-3-4(10-2)7(16)13-12-6(3)15/h1H,8H2,(H,11,14)(H,12,15)(H,13,16). The molecule has 2 aromatic heterocycles. The maximum absolute atomic E-state index is 11.3. The molecule has 0 unspecified atom stereocenters. The van der Waals surface area contributed by atoms with Crippen LogP contribution in [0.25, 0.3) is 11.0 Å². The summed E-state index contributed by atoms with van der Waals surface area (Å²) in [5.41, 5.74) is 0.0940. The van der Waals surface area contributed by atoms with E-state index in [-0.39, 0.29) is 16.7 Å². The van der Waals surface area contributed by atoms with E-state index in [0.717, 1.165) is 6.20 Å². The number of nitrogen functional groups attached to an aromatic ring is 1. The highest BCUT2D eigenvalue weighted by Crippen LogP contribution is 1.98. The van der Waals surface area contributed by atoms with Gasteiger partial charge in [-0.1, -0.05) is 0 Å². The quantitative estimate of drug-likeness (QED) is 0.240. The van der Waals surface area contributed by atoms with Gasteiger partial charge in [-0.05, 0) is 0 Å². The van der Waals surface area contributed by atoms with Crippen LogP contribution in [0.4, 0.5) is 0 Å². The second kappa shape index (κ2) is 3.55. The zero-order chi connectivity index (χ0) is 11.7. The van der Waals surface area contributed by atoms with Crippen molar-refractivity contribution in [3.63, 3.8) is 0 Å². The number of carbonyl (C=O) groups is 1. The summed E-state index contributed by atoms with van der Waals surface area (Å²) in [7, 11) is 0. The van der Waals surface area contributed by atoms with E-state index >= 15 is 0 Å². The van der Waals surface area contributed by atoms with Crippen LogP contribution < -0.4 is 22.4 Å². The third-order valence-corrected chi connectivity index (χ3v) is 1.86. The topological polar surface area (TPSA) is 147 Å². The predicted octanol–water partition coefficient (Wildman–Crippen LogP) is -2.39. The summed E-state index contributed by atoms with van der Waals surface area (Å²) in [6.45, 7) is 0. The smallest absolute Gasteiger partial charge is 0.289 e. The lowest BCUT2D eigenvalue weighted by molar-refractivity contribution is 0.0948. The molecule has 2 rings (SSSR count). The largest absolute Gasteiger partial charge is 0.290 e. The van der Waals surface area contributed by atoms with Gasteiger partial charge in [0.1, 0.15) is 5.69 Å². The molecule has 1 amide bonds. The molecular weight excluding hydrogens is 216 g/mol. The van der Waals surface area contributed by atoms with Gasteiger partial charge in [0.2, 0.25) is 0 Å². The van der Waals surface area contributed by atoms with E-state index in [0.29, 0.717) is 0 Å². The SMILES string of the molecule is NNC(=O)c1cnc2c(=O)[nH][nH]c(=O)c2n1. The van der Waals surface area contributed by atoms with Crippen molar-refractivity contribution in [2.45, 2.75) is 0 Å². The van der Waals surface area contributed by atoms with Crippen LogP contribution in [0.2, 0.25) is 0 Å². The Balaban J connectivity index is 2.81. The zero-order valence-electron chi connectivity index (χ0n) is 7.77. The number of nitrogens with one attached hydrogen (secondary N) is 3. The molecule has 0 aromatic carbocycles. The molecule has 16 heavy (non-hydrogen) atoms. The van der Waals surface area contributed by atoms with Crippen molar-refractivity contribution >= 4 is 16.9 Å². The lowest BCUT2D eigenvalue weighted by Gasteiger charge is -1.99. The Morgan fingerprint density at radius 1 is 1.25 bits per heavy atom. The number of hydrogen-bond donors (Lipinski definition) is 4. The van der Waals surface area contributed by atoms with Gasteiger partial charge in [-0.25, -0.2) is 15.8 Å². The van der Waals surface area contributed by atoms with Crippen LogP contribution in [0.15, 0.2) is 15.8 Å². The molecule has 0 aliphatic rings. The Labute approximate surface area is 86.7 Å². The van der Waals surface area contributed by atoms with Gasteiger partial charge in [-0.3, -0.25) is 30.0 Å². The van der Waals surface area contributed by atoms with Crippen LogP contribution in [-0.4, -0.2) is 26.1 Å². The maximum Gasteiger partial charge on any atom is 0.290 e. The Morgan fingerprint density at radius 3 is 2.50 bits per heavy atom. The minimum atomic E-state index is -0.700. The van der Waals surface area contributed by atoms with Crippen LogP contribution in [0.3, 0.4) is 0 Å². The predicted molar refractivity (Wildman–Crippen MR) is 52.4 cm³/mol. The second-order valence-corrected chi connectivity index (χ2v) is 2.83. The molecule has 2 heterocycles. The molecule has 0 saturated carbocycles. The molecule has 0 atom stereocenters. The Morgan fingerprint density at radius 2 is 1.88 bits per heavy atom. The first-order valence-corrected chi connectivity index (χ1v) is 4.12. The average Bonchev–Trinajstić information content (AvgIpc) is 2.32. The number of aromatic amines is 2. The lowest BCUT2D eigenvalue weighted by atomic mass is 10.3. The summed E-state index contributed by atoms with van der Waals surface area (Å²) in [6.07, 6.45) is 1.05. The average molecular weight is 222 g/mol. The van der Waals surface area contributed by atoms with Crippen LogP contribution in [0.1, 0.15) is 10.5 Å². The van der Waals surface area contributed by atoms with Crippen LogP contribution in [-0.2, 0) is 0 Å². The van der Waals surface area contributed by atoms with Crippen molar-refractivity contribution in [2.24, 2.45) is 5.84 Å². The normalized spacial score (nSPS) is 10.3. The number of amides is 1. The van der Waals surface area contributed by atoms with Crippen LogP contribution in [0.5, 0.6) is 0 Å². The molecule has 82 valence electrons. The zero-order valence-corrected chi connectivity index (χ0v) is 7.77. The van der Waals surface area contributed by atoms with Crippen LogP contribution in [0, 0.1) is 0 Å². The van der Waals surface area contributed by atoms with Crippen molar-refractivity contribution in [1.29, 1.82) is 0 Å².